The summed E-state index contributed by atoms with van der Waals surface area (Å²) in [5.41, 5.74) is 2.30. The molecule has 0 aliphatic carbocycles. The lowest BCUT2D eigenvalue weighted by molar-refractivity contribution is 0.173. The van der Waals surface area contributed by atoms with Gasteiger partial charge in [0.25, 0.3) is 0 Å². The highest BCUT2D eigenvalue weighted by atomic mass is 16.7. The van der Waals surface area contributed by atoms with Crippen LogP contribution in [0, 0.1) is 0 Å². The second-order valence-corrected chi connectivity index (χ2v) is 5.59. The molecule has 2 aromatic carbocycles. The van der Waals surface area contributed by atoms with E-state index >= 15 is 0 Å². The molecule has 0 aromatic heterocycles. The van der Waals surface area contributed by atoms with Gasteiger partial charge in [-0.3, -0.25) is 0 Å². The normalized spacial score (nSPS) is 13.7. The summed E-state index contributed by atoms with van der Waals surface area (Å²) < 4.78 is 22.2. The molecule has 4 heteroatoms. The number of fused-ring (bicyclic) bond motifs is 1. The molecule has 0 fully saturated rings. The summed E-state index contributed by atoms with van der Waals surface area (Å²) in [6, 6.07) is 12.1. The van der Waals surface area contributed by atoms with Crippen LogP contribution >= 0.6 is 0 Å². The van der Waals surface area contributed by atoms with E-state index in [1.807, 2.05) is 24.3 Å². The van der Waals surface area contributed by atoms with E-state index in [1.54, 1.807) is 7.11 Å². The molecule has 4 nitrogen and oxygen atoms in total. The van der Waals surface area contributed by atoms with Gasteiger partial charge in [-0.25, -0.2) is 0 Å². The molecule has 1 aliphatic rings. The molecule has 1 unspecified atom stereocenters. The van der Waals surface area contributed by atoms with Gasteiger partial charge in [0, 0.05) is 17.5 Å². The molecule has 1 aliphatic heterocycles. The summed E-state index contributed by atoms with van der Waals surface area (Å²) in [5, 5.41) is 0. The molecule has 23 heavy (non-hydrogen) atoms. The first kappa shape index (κ1) is 15.5. The Balaban J connectivity index is 1.95. The van der Waals surface area contributed by atoms with E-state index in [2.05, 4.69) is 26.0 Å². The zero-order valence-corrected chi connectivity index (χ0v) is 13.8. The van der Waals surface area contributed by atoms with Crippen LogP contribution in [-0.2, 0) is 0 Å². The number of benzene rings is 2. The molecule has 0 spiro atoms. The summed E-state index contributed by atoms with van der Waals surface area (Å²) >= 11 is 0. The van der Waals surface area contributed by atoms with E-state index in [0.717, 1.165) is 35.0 Å². The van der Waals surface area contributed by atoms with Crippen molar-refractivity contribution in [1.82, 2.24) is 0 Å². The summed E-state index contributed by atoms with van der Waals surface area (Å²) in [6.45, 7) is 5.21. The van der Waals surface area contributed by atoms with Crippen LogP contribution in [0.4, 0.5) is 0 Å². The quantitative estimate of drug-likeness (QED) is 0.793. The third-order valence-electron chi connectivity index (χ3n) is 4.05. The summed E-state index contributed by atoms with van der Waals surface area (Å²) in [6.07, 6.45) is 0.963. The van der Waals surface area contributed by atoms with Gasteiger partial charge in [0.2, 0.25) is 6.79 Å². The maximum Gasteiger partial charge on any atom is 0.231 e. The maximum atomic E-state index is 5.94. The number of hydrogen-bond donors (Lipinski definition) is 0. The van der Waals surface area contributed by atoms with Gasteiger partial charge in [-0.1, -0.05) is 26.0 Å². The smallest absolute Gasteiger partial charge is 0.231 e. The van der Waals surface area contributed by atoms with Crippen LogP contribution in [-0.4, -0.2) is 20.5 Å². The first-order chi connectivity index (χ1) is 11.2. The highest BCUT2D eigenvalue weighted by Gasteiger charge is 2.22. The van der Waals surface area contributed by atoms with Crippen LogP contribution < -0.4 is 18.9 Å². The van der Waals surface area contributed by atoms with Crippen molar-refractivity contribution in [2.45, 2.75) is 26.2 Å². The summed E-state index contributed by atoms with van der Waals surface area (Å²) in [7, 11) is 1.67. The zero-order valence-electron chi connectivity index (χ0n) is 13.8. The lowest BCUT2D eigenvalue weighted by Crippen LogP contribution is -2.03. The number of ether oxygens (including phenoxy) is 4. The standard InChI is InChI=1S/C19H22O4/c1-4-9-21-17-11-19-18(22-12-23-19)10-16(17)13(2)14-5-7-15(20-3)8-6-14/h5-8,10-11,13H,4,9,12H2,1-3H3. The Morgan fingerprint density at radius 2 is 1.78 bits per heavy atom. The number of hydrogen-bond acceptors (Lipinski definition) is 4. The fraction of sp³-hybridized carbons (Fsp3) is 0.368. The SMILES string of the molecule is CCCOc1cc2c(cc1C(C)c1ccc(OC)cc1)OCO2. The van der Waals surface area contributed by atoms with Gasteiger partial charge < -0.3 is 18.9 Å². The van der Waals surface area contributed by atoms with E-state index in [-0.39, 0.29) is 12.7 Å². The molecule has 0 saturated heterocycles. The molecule has 1 heterocycles. The van der Waals surface area contributed by atoms with Crippen LogP contribution in [0.2, 0.25) is 0 Å². The van der Waals surface area contributed by atoms with Gasteiger partial charge in [-0.2, -0.15) is 0 Å². The third-order valence-corrected chi connectivity index (χ3v) is 4.05. The third kappa shape index (κ3) is 3.21. The maximum absolute atomic E-state index is 5.94. The fourth-order valence-corrected chi connectivity index (χ4v) is 2.69. The first-order valence-corrected chi connectivity index (χ1v) is 7.93. The predicted molar refractivity (Wildman–Crippen MR) is 88.9 cm³/mol. The minimum atomic E-state index is 0.183. The Bertz CT molecular complexity index is 664. The molecular formula is C19H22O4. The fourth-order valence-electron chi connectivity index (χ4n) is 2.69. The second kappa shape index (κ2) is 6.82. The molecule has 2 aromatic rings. The summed E-state index contributed by atoms with van der Waals surface area (Å²) in [5.74, 6) is 3.43. The van der Waals surface area contributed by atoms with E-state index in [1.165, 1.54) is 5.56 Å². The molecule has 1 atom stereocenters. The summed E-state index contributed by atoms with van der Waals surface area (Å²) in [4.78, 5) is 0. The highest BCUT2D eigenvalue weighted by molar-refractivity contribution is 5.54. The van der Waals surface area contributed by atoms with E-state index in [0.29, 0.717) is 6.61 Å². The zero-order chi connectivity index (χ0) is 16.2. The van der Waals surface area contributed by atoms with E-state index < -0.39 is 0 Å². The van der Waals surface area contributed by atoms with Gasteiger partial charge in [0.05, 0.1) is 13.7 Å². The van der Waals surface area contributed by atoms with Crippen molar-refractivity contribution in [1.29, 1.82) is 0 Å². The molecule has 122 valence electrons. The number of rotatable bonds is 6. The van der Waals surface area contributed by atoms with Crippen LogP contribution in [0.15, 0.2) is 36.4 Å². The molecular weight excluding hydrogens is 292 g/mol. The molecule has 0 bridgehead atoms. The lowest BCUT2D eigenvalue weighted by Gasteiger charge is -2.18. The Morgan fingerprint density at radius 1 is 1.09 bits per heavy atom. The Morgan fingerprint density at radius 3 is 2.43 bits per heavy atom. The van der Waals surface area contributed by atoms with Crippen molar-refractivity contribution in [2.75, 3.05) is 20.5 Å². The average Bonchev–Trinajstić information content (AvgIpc) is 3.06. The average molecular weight is 314 g/mol. The van der Waals surface area contributed by atoms with E-state index in [4.69, 9.17) is 18.9 Å². The molecule has 0 radical (unpaired) electrons. The van der Waals surface area contributed by atoms with Gasteiger partial charge in [-0.15, -0.1) is 0 Å². The largest absolute Gasteiger partial charge is 0.497 e. The van der Waals surface area contributed by atoms with Crippen LogP contribution in [0.25, 0.3) is 0 Å². The van der Waals surface area contributed by atoms with Crippen LogP contribution in [0.3, 0.4) is 0 Å². The van der Waals surface area contributed by atoms with Crippen LogP contribution in [0.1, 0.15) is 37.3 Å². The first-order valence-electron chi connectivity index (χ1n) is 7.93. The molecule has 3 rings (SSSR count). The predicted octanol–water partition coefficient (Wildman–Crippen LogP) is 4.36. The topological polar surface area (TPSA) is 36.9 Å². The monoisotopic (exact) mass is 314 g/mol. The molecule has 0 saturated carbocycles. The van der Waals surface area contributed by atoms with Gasteiger partial charge >= 0.3 is 0 Å². The van der Waals surface area contributed by atoms with Gasteiger partial charge in [-0.05, 0) is 30.2 Å². The van der Waals surface area contributed by atoms with Crippen molar-refractivity contribution in [3.8, 4) is 23.0 Å². The van der Waals surface area contributed by atoms with Crippen molar-refractivity contribution in [3.05, 3.63) is 47.5 Å². The van der Waals surface area contributed by atoms with Crippen molar-refractivity contribution in [2.24, 2.45) is 0 Å². The van der Waals surface area contributed by atoms with Gasteiger partial charge in [0.1, 0.15) is 11.5 Å². The second-order valence-electron chi connectivity index (χ2n) is 5.59. The molecule has 0 N–H and O–H groups in total. The van der Waals surface area contributed by atoms with Crippen molar-refractivity contribution >= 4 is 0 Å². The van der Waals surface area contributed by atoms with Crippen molar-refractivity contribution in [3.63, 3.8) is 0 Å². The van der Waals surface area contributed by atoms with Crippen molar-refractivity contribution < 1.29 is 18.9 Å². The van der Waals surface area contributed by atoms with Crippen LogP contribution in [0.5, 0.6) is 23.0 Å². The Hall–Kier alpha value is -2.36. The molecule has 0 amide bonds. The number of methoxy groups -OCH3 is 1. The Labute approximate surface area is 136 Å². The minimum absolute atomic E-state index is 0.183. The lowest BCUT2D eigenvalue weighted by atomic mass is 9.92. The van der Waals surface area contributed by atoms with E-state index in [9.17, 15) is 0 Å². The van der Waals surface area contributed by atoms with Gasteiger partial charge in [0.15, 0.2) is 11.5 Å². The Kier molecular flexibility index (Phi) is 4.60. The minimum Gasteiger partial charge on any atom is -0.497 e. The highest BCUT2D eigenvalue weighted by Crippen LogP contribution is 2.42.